The second-order valence-electron chi connectivity index (χ2n) is 3.89. The van der Waals surface area contributed by atoms with E-state index in [2.05, 4.69) is 27.6 Å². The van der Waals surface area contributed by atoms with Crippen LogP contribution in [0.4, 0.5) is 4.39 Å². The number of aryl methyl sites for hydroxylation is 1. The van der Waals surface area contributed by atoms with Crippen LogP contribution in [-0.4, -0.2) is 20.2 Å². The maximum atomic E-state index is 13.8. The summed E-state index contributed by atoms with van der Waals surface area (Å²) in [5.74, 6) is 0.504. The number of nitrogens with one attached hydrogen (secondary N) is 1. The lowest BCUT2D eigenvalue weighted by molar-refractivity contribution is 0.0332. The van der Waals surface area contributed by atoms with E-state index in [0.717, 1.165) is 4.57 Å². The molecule has 7 heteroatoms. The van der Waals surface area contributed by atoms with E-state index in [0.29, 0.717) is 22.2 Å². The molecule has 0 bridgehead atoms. The summed E-state index contributed by atoms with van der Waals surface area (Å²) in [4.78, 5) is 25.3. The average molecular weight is 366 g/mol. The zero-order valence-electron chi connectivity index (χ0n) is 9.65. The molecule has 0 saturated heterocycles. The van der Waals surface area contributed by atoms with E-state index < -0.39 is 23.6 Å². The molecule has 2 rings (SSSR count). The average Bonchev–Trinajstić information content (AvgIpc) is 2.71. The van der Waals surface area contributed by atoms with Gasteiger partial charge in [0.1, 0.15) is 5.76 Å². The molecule has 0 radical (unpaired) electrons. The molecule has 0 saturated carbocycles. The normalized spacial score (nSPS) is 22.7. The van der Waals surface area contributed by atoms with Gasteiger partial charge in [0.25, 0.3) is 5.56 Å². The van der Waals surface area contributed by atoms with E-state index in [4.69, 9.17) is 4.74 Å². The second-order valence-corrected chi connectivity index (χ2v) is 4.66. The molecule has 1 N–H and O–H groups in total. The molecule has 1 aromatic rings. The summed E-state index contributed by atoms with van der Waals surface area (Å²) >= 11 is 2.05. The fourth-order valence-corrected chi connectivity index (χ4v) is 2.21. The molecule has 18 heavy (non-hydrogen) atoms. The highest BCUT2D eigenvalue weighted by atomic mass is 127. The molecule has 0 aliphatic carbocycles. The molecule has 2 heterocycles. The van der Waals surface area contributed by atoms with Crippen LogP contribution in [0, 0.1) is 0 Å². The fraction of sp³-hybridized carbons (Fsp3) is 0.455. The molecule has 0 aromatic carbocycles. The number of aromatic nitrogens is 2. The SMILES string of the molecule is CCc1cn([C@@H]2OC(CI)=CC2F)c(=O)[nH]c1=O. The number of hydrogen-bond acceptors (Lipinski definition) is 3. The van der Waals surface area contributed by atoms with Crippen LogP contribution < -0.4 is 11.2 Å². The highest BCUT2D eigenvalue weighted by molar-refractivity contribution is 14.1. The van der Waals surface area contributed by atoms with Gasteiger partial charge in [-0.3, -0.25) is 14.3 Å². The number of alkyl halides is 2. The Balaban J connectivity index is 2.41. The lowest BCUT2D eigenvalue weighted by Crippen LogP contribution is -2.36. The van der Waals surface area contributed by atoms with Crippen molar-refractivity contribution in [3.05, 3.63) is 44.4 Å². The van der Waals surface area contributed by atoms with Crippen LogP contribution in [0.2, 0.25) is 0 Å². The van der Waals surface area contributed by atoms with Crippen molar-refractivity contribution in [3.8, 4) is 0 Å². The van der Waals surface area contributed by atoms with Gasteiger partial charge in [0.2, 0.25) is 6.23 Å². The monoisotopic (exact) mass is 366 g/mol. The number of aromatic amines is 1. The Morgan fingerprint density at radius 1 is 1.56 bits per heavy atom. The third-order valence-electron chi connectivity index (χ3n) is 2.72. The lowest BCUT2D eigenvalue weighted by Gasteiger charge is -2.17. The third kappa shape index (κ3) is 2.36. The largest absolute Gasteiger partial charge is 0.470 e. The van der Waals surface area contributed by atoms with Crippen molar-refractivity contribution in [1.29, 1.82) is 0 Å². The van der Waals surface area contributed by atoms with Crippen LogP contribution in [0.15, 0.2) is 27.6 Å². The van der Waals surface area contributed by atoms with Gasteiger partial charge in [-0.15, -0.1) is 0 Å². The third-order valence-corrected chi connectivity index (χ3v) is 3.47. The van der Waals surface area contributed by atoms with E-state index in [9.17, 15) is 14.0 Å². The van der Waals surface area contributed by atoms with Gasteiger partial charge in [0.05, 0.1) is 4.43 Å². The summed E-state index contributed by atoms with van der Waals surface area (Å²) in [6.45, 7) is 1.79. The van der Waals surface area contributed by atoms with E-state index >= 15 is 0 Å². The van der Waals surface area contributed by atoms with E-state index in [1.807, 2.05) is 0 Å². The van der Waals surface area contributed by atoms with Gasteiger partial charge >= 0.3 is 5.69 Å². The van der Waals surface area contributed by atoms with Gasteiger partial charge in [-0.05, 0) is 12.5 Å². The molecule has 1 aliphatic heterocycles. The van der Waals surface area contributed by atoms with Gasteiger partial charge < -0.3 is 4.74 Å². The molecule has 0 spiro atoms. The summed E-state index contributed by atoms with van der Waals surface area (Å²) in [7, 11) is 0. The van der Waals surface area contributed by atoms with Crippen molar-refractivity contribution in [2.75, 3.05) is 4.43 Å². The number of nitrogens with zero attached hydrogens (tertiary/aromatic N) is 1. The van der Waals surface area contributed by atoms with Crippen LogP contribution in [0.5, 0.6) is 0 Å². The predicted molar refractivity (Wildman–Crippen MR) is 72.7 cm³/mol. The fourth-order valence-electron chi connectivity index (χ4n) is 1.77. The van der Waals surface area contributed by atoms with Crippen LogP contribution in [0.3, 0.4) is 0 Å². The topological polar surface area (TPSA) is 64.1 Å². The maximum Gasteiger partial charge on any atom is 0.331 e. The van der Waals surface area contributed by atoms with Crippen LogP contribution in [0.25, 0.3) is 0 Å². The Bertz CT molecular complexity index is 593. The Morgan fingerprint density at radius 2 is 2.28 bits per heavy atom. The summed E-state index contributed by atoms with van der Waals surface area (Å²) in [5, 5.41) is 0. The molecular formula is C11H12FIN2O3. The highest BCUT2D eigenvalue weighted by Crippen LogP contribution is 2.28. The first-order chi connectivity index (χ1) is 8.56. The van der Waals surface area contributed by atoms with Gasteiger partial charge in [-0.25, -0.2) is 9.18 Å². The first kappa shape index (κ1) is 13.3. The van der Waals surface area contributed by atoms with Crippen molar-refractivity contribution >= 4 is 22.6 Å². The van der Waals surface area contributed by atoms with Crippen LogP contribution in [-0.2, 0) is 11.2 Å². The van der Waals surface area contributed by atoms with Crippen molar-refractivity contribution < 1.29 is 9.13 Å². The first-order valence-electron chi connectivity index (χ1n) is 5.48. The second kappa shape index (κ2) is 5.25. The molecular weight excluding hydrogens is 354 g/mol. The number of rotatable bonds is 3. The van der Waals surface area contributed by atoms with Crippen molar-refractivity contribution in [2.45, 2.75) is 25.7 Å². The van der Waals surface area contributed by atoms with E-state index in [1.165, 1.54) is 12.3 Å². The van der Waals surface area contributed by atoms with Gasteiger partial charge in [-0.2, -0.15) is 0 Å². The molecule has 5 nitrogen and oxygen atoms in total. The number of ether oxygens (including phenoxy) is 1. The van der Waals surface area contributed by atoms with Crippen LogP contribution >= 0.6 is 22.6 Å². The van der Waals surface area contributed by atoms with Crippen molar-refractivity contribution in [2.24, 2.45) is 0 Å². The molecule has 0 fully saturated rings. The highest BCUT2D eigenvalue weighted by Gasteiger charge is 2.31. The Labute approximate surface area is 116 Å². The summed E-state index contributed by atoms with van der Waals surface area (Å²) in [6, 6.07) is 0. The molecule has 1 aromatic heterocycles. The zero-order valence-corrected chi connectivity index (χ0v) is 11.8. The maximum absolute atomic E-state index is 13.8. The Kier molecular flexibility index (Phi) is 3.88. The van der Waals surface area contributed by atoms with Crippen LogP contribution in [0.1, 0.15) is 18.7 Å². The Hall–Kier alpha value is -1.12. The van der Waals surface area contributed by atoms with E-state index in [-0.39, 0.29) is 0 Å². The number of H-pyrrole nitrogens is 1. The summed E-state index contributed by atoms with van der Waals surface area (Å²) in [6.07, 6.45) is 0.765. The number of halogens is 2. The minimum atomic E-state index is -1.39. The number of allylic oxidation sites excluding steroid dienone is 1. The minimum absolute atomic E-state index is 0.424. The summed E-state index contributed by atoms with van der Waals surface area (Å²) < 4.78 is 20.8. The quantitative estimate of drug-likeness (QED) is 0.648. The molecule has 0 amide bonds. The number of hydrogen-bond donors (Lipinski definition) is 1. The molecule has 2 atom stereocenters. The minimum Gasteiger partial charge on any atom is -0.470 e. The van der Waals surface area contributed by atoms with Crippen molar-refractivity contribution in [3.63, 3.8) is 0 Å². The first-order valence-corrected chi connectivity index (χ1v) is 7.01. The van der Waals surface area contributed by atoms with E-state index in [1.54, 1.807) is 6.92 Å². The van der Waals surface area contributed by atoms with Gasteiger partial charge in [0.15, 0.2) is 6.17 Å². The van der Waals surface area contributed by atoms with Gasteiger partial charge in [0, 0.05) is 11.8 Å². The summed E-state index contributed by atoms with van der Waals surface area (Å²) in [5.41, 5.74) is -0.671. The standard InChI is InChI=1S/C11H12FIN2O3/c1-2-6-5-15(11(17)14-9(6)16)10-8(12)3-7(4-13)18-10/h3,5,8,10H,2,4H2,1H3,(H,14,16,17)/t8?,10-/m1/s1. The molecule has 1 unspecified atom stereocenters. The predicted octanol–water partition coefficient (Wildman–Crippen LogP) is 1.28. The lowest BCUT2D eigenvalue weighted by atomic mass is 10.2. The zero-order chi connectivity index (χ0) is 13.3. The van der Waals surface area contributed by atoms with Gasteiger partial charge in [-0.1, -0.05) is 29.5 Å². The smallest absolute Gasteiger partial charge is 0.331 e. The van der Waals surface area contributed by atoms with Crippen molar-refractivity contribution in [1.82, 2.24) is 9.55 Å². The molecule has 98 valence electrons. The Morgan fingerprint density at radius 3 is 2.83 bits per heavy atom. The molecule has 1 aliphatic rings.